The molecule has 2 aromatic carbocycles. The Kier molecular flexibility index (Phi) is 7.27. The van der Waals surface area contributed by atoms with Gasteiger partial charge in [-0.2, -0.15) is 0 Å². The molecule has 8 nitrogen and oxygen atoms in total. The Morgan fingerprint density at radius 3 is 2.12 bits per heavy atom. The molecule has 0 fully saturated rings. The average molecular weight is 462 g/mol. The van der Waals surface area contributed by atoms with Gasteiger partial charge in [-0.15, -0.1) is 0 Å². The summed E-state index contributed by atoms with van der Waals surface area (Å²) in [5.41, 5.74) is 1.70. The van der Waals surface area contributed by atoms with Crippen LogP contribution in [0.2, 0.25) is 0 Å². The molecule has 2 atom stereocenters. The van der Waals surface area contributed by atoms with Crippen LogP contribution in [0.4, 0.5) is 13.6 Å². The minimum atomic E-state index is -3.07. The van der Waals surface area contributed by atoms with Crippen LogP contribution in [0.15, 0.2) is 48.5 Å². The van der Waals surface area contributed by atoms with Crippen LogP contribution in [0.1, 0.15) is 30.4 Å². The first-order valence-electron chi connectivity index (χ1n) is 10.2. The van der Waals surface area contributed by atoms with Gasteiger partial charge in [-0.05, 0) is 29.2 Å². The highest BCUT2D eigenvalue weighted by molar-refractivity contribution is 5.81. The van der Waals surface area contributed by atoms with Crippen molar-refractivity contribution in [2.24, 2.45) is 0 Å². The SMILES string of the molecule is CC(O)(CNC(=O)CC(NC(=O)OCC1c2ccccc2-c2ccccc21)C(F)F)C(=O)O. The number of hydrogen-bond donors (Lipinski definition) is 4. The molecule has 2 amide bonds. The number of hydrogen-bond acceptors (Lipinski definition) is 5. The minimum Gasteiger partial charge on any atom is -0.479 e. The number of aliphatic carboxylic acids is 1. The smallest absolute Gasteiger partial charge is 0.407 e. The Morgan fingerprint density at radius 2 is 1.61 bits per heavy atom. The Morgan fingerprint density at radius 1 is 1.06 bits per heavy atom. The van der Waals surface area contributed by atoms with Gasteiger partial charge >= 0.3 is 12.1 Å². The summed E-state index contributed by atoms with van der Waals surface area (Å²) in [7, 11) is 0. The minimum absolute atomic E-state index is 0.0799. The number of ether oxygens (including phenoxy) is 1. The van der Waals surface area contributed by atoms with Crippen LogP contribution >= 0.6 is 0 Å². The number of alkyl halides is 2. The van der Waals surface area contributed by atoms with Crippen LogP contribution in [-0.2, 0) is 14.3 Å². The maximum absolute atomic E-state index is 13.4. The third-order valence-electron chi connectivity index (χ3n) is 5.45. The molecule has 0 heterocycles. The predicted octanol–water partition coefficient (Wildman–Crippen LogP) is 2.50. The summed E-state index contributed by atoms with van der Waals surface area (Å²) in [4.78, 5) is 35.0. The van der Waals surface area contributed by atoms with Crippen molar-refractivity contribution in [3.05, 3.63) is 59.7 Å². The van der Waals surface area contributed by atoms with E-state index in [1.807, 2.05) is 53.8 Å². The molecule has 2 unspecified atom stereocenters. The van der Waals surface area contributed by atoms with Gasteiger partial charge in [0.1, 0.15) is 12.6 Å². The second kappa shape index (κ2) is 9.95. The first kappa shape index (κ1) is 24.1. The third kappa shape index (κ3) is 5.64. The normalized spacial score (nSPS) is 15.2. The fraction of sp³-hybridized carbons (Fsp3) is 0.348. The van der Waals surface area contributed by atoms with E-state index < -0.39 is 49.0 Å². The molecular formula is C23H24F2N2O6. The van der Waals surface area contributed by atoms with Crippen molar-refractivity contribution in [1.29, 1.82) is 0 Å². The summed E-state index contributed by atoms with van der Waals surface area (Å²) in [5.74, 6) is -2.79. The molecule has 1 aliphatic rings. The standard InChI is InChI=1S/C23H24F2N2O6/c1-23(32,21(29)30)12-26-19(28)10-18(20(24)25)27-22(31)33-11-17-15-8-4-2-6-13(15)14-7-3-5-9-16(14)17/h2-9,17-18,20,32H,10-12H2,1H3,(H,26,28)(H,27,31)(H,29,30). The van der Waals surface area contributed by atoms with E-state index >= 15 is 0 Å². The quantitative estimate of drug-likeness (QED) is 0.454. The number of carbonyl (C=O) groups is 3. The van der Waals surface area contributed by atoms with E-state index in [4.69, 9.17) is 9.84 Å². The molecule has 2 aromatic rings. The Labute approximate surface area is 188 Å². The summed E-state index contributed by atoms with van der Waals surface area (Å²) in [5, 5.41) is 22.5. The van der Waals surface area contributed by atoms with E-state index in [0.29, 0.717) is 0 Å². The van der Waals surface area contributed by atoms with E-state index in [2.05, 4.69) is 5.32 Å². The van der Waals surface area contributed by atoms with Gasteiger partial charge in [0.25, 0.3) is 6.43 Å². The number of carboxylic acids is 1. The van der Waals surface area contributed by atoms with E-state index in [1.165, 1.54) is 0 Å². The molecule has 0 spiro atoms. The fourth-order valence-electron chi connectivity index (χ4n) is 3.61. The van der Waals surface area contributed by atoms with Gasteiger partial charge < -0.3 is 25.6 Å². The van der Waals surface area contributed by atoms with E-state index in [1.54, 1.807) is 0 Å². The number of benzene rings is 2. The lowest BCUT2D eigenvalue weighted by atomic mass is 9.98. The lowest BCUT2D eigenvalue weighted by Crippen LogP contribution is -2.49. The number of alkyl carbamates (subject to hydrolysis) is 1. The summed E-state index contributed by atoms with van der Waals surface area (Å²) in [6.07, 6.45) is -5.00. The first-order chi connectivity index (χ1) is 15.6. The van der Waals surface area contributed by atoms with Crippen LogP contribution in [-0.4, -0.2) is 59.4 Å². The van der Waals surface area contributed by atoms with E-state index in [0.717, 1.165) is 29.2 Å². The highest BCUT2D eigenvalue weighted by Crippen LogP contribution is 2.44. The summed E-state index contributed by atoms with van der Waals surface area (Å²) >= 11 is 0. The second-order valence-electron chi connectivity index (χ2n) is 7.97. The van der Waals surface area contributed by atoms with Crippen molar-refractivity contribution in [1.82, 2.24) is 10.6 Å². The molecular weight excluding hydrogens is 438 g/mol. The maximum atomic E-state index is 13.4. The van der Waals surface area contributed by atoms with E-state index in [-0.39, 0.29) is 12.5 Å². The molecule has 33 heavy (non-hydrogen) atoms. The zero-order chi connectivity index (χ0) is 24.2. The highest BCUT2D eigenvalue weighted by atomic mass is 19.3. The topological polar surface area (TPSA) is 125 Å². The number of amides is 2. The fourth-order valence-corrected chi connectivity index (χ4v) is 3.61. The summed E-state index contributed by atoms with van der Waals surface area (Å²) < 4.78 is 31.9. The van der Waals surface area contributed by atoms with Crippen molar-refractivity contribution < 1.29 is 38.1 Å². The maximum Gasteiger partial charge on any atom is 0.407 e. The molecule has 0 saturated carbocycles. The molecule has 176 valence electrons. The zero-order valence-electron chi connectivity index (χ0n) is 17.8. The molecule has 0 aromatic heterocycles. The number of aliphatic hydroxyl groups is 1. The number of rotatable bonds is 9. The summed E-state index contributed by atoms with van der Waals surface area (Å²) in [6, 6.07) is 13.4. The lowest BCUT2D eigenvalue weighted by molar-refractivity contribution is -0.156. The average Bonchev–Trinajstić information content (AvgIpc) is 3.09. The predicted molar refractivity (Wildman–Crippen MR) is 114 cm³/mol. The number of nitrogens with one attached hydrogen (secondary N) is 2. The van der Waals surface area contributed by atoms with Gasteiger partial charge in [0.2, 0.25) is 5.91 Å². The Bertz CT molecular complexity index is 998. The van der Waals surface area contributed by atoms with Gasteiger partial charge in [0.15, 0.2) is 5.60 Å². The largest absolute Gasteiger partial charge is 0.479 e. The second-order valence-corrected chi connectivity index (χ2v) is 7.97. The Balaban J connectivity index is 1.58. The molecule has 0 bridgehead atoms. The number of carbonyl (C=O) groups excluding carboxylic acids is 2. The van der Waals surface area contributed by atoms with Gasteiger partial charge in [-0.3, -0.25) is 4.79 Å². The number of fused-ring (bicyclic) bond motifs is 3. The van der Waals surface area contributed by atoms with Gasteiger partial charge in [0, 0.05) is 5.92 Å². The third-order valence-corrected chi connectivity index (χ3v) is 5.45. The highest BCUT2D eigenvalue weighted by Gasteiger charge is 2.33. The van der Waals surface area contributed by atoms with Crippen LogP contribution < -0.4 is 10.6 Å². The van der Waals surface area contributed by atoms with Crippen LogP contribution in [0, 0.1) is 0 Å². The molecule has 3 rings (SSSR count). The Hall–Kier alpha value is -3.53. The van der Waals surface area contributed by atoms with Crippen LogP contribution in [0.5, 0.6) is 0 Å². The molecule has 10 heteroatoms. The molecule has 0 aliphatic heterocycles. The lowest BCUT2D eigenvalue weighted by Gasteiger charge is -2.21. The van der Waals surface area contributed by atoms with Gasteiger partial charge in [0.05, 0.1) is 13.0 Å². The van der Waals surface area contributed by atoms with Crippen molar-refractivity contribution >= 4 is 18.0 Å². The van der Waals surface area contributed by atoms with Crippen LogP contribution in [0.25, 0.3) is 11.1 Å². The molecule has 1 aliphatic carbocycles. The van der Waals surface area contributed by atoms with Crippen LogP contribution in [0.3, 0.4) is 0 Å². The van der Waals surface area contributed by atoms with Gasteiger partial charge in [-0.25, -0.2) is 18.4 Å². The van der Waals surface area contributed by atoms with E-state index in [9.17, 15) is 28.3 Å². The first-order valence-corrected chi connectivity index (χ1v) is 10.2. The van der Waals surface area contributed by atoms with Crippen molar-refractivity contribution in [2.45, 2.75) is 37.3 Å². The monoisotopic (exact) mass is 462 g/mol. The van der Waals surface area contributed by atoms with Gasteiger partial charge in [-0.1, -0.05) is 48.5 Å². The van der Waals surface area contributed by atoms with Crippen molar-refractivity contribution in [3.8, 4) is 11.1 Å². The van der Waals surface area contributed by atoms with Crippen molar-refractivity contribution in [2.75, 3.05) is 13.2 Å². The number of carboxylic acid groups (broad SMARTS) is 1. The zero-order valence-corrected chi connectivity index (χ0v) is 17.8. The number of halogens is 2. The summed E-state index contributed by atoms with van der Waals surface area (Å²) in [6.45, 7) is 0.195. The molecule has 0 saturated heterocycles. The molecule has 0 radical (unpaired) electrons. The molecule has 4 N–H and O–H groups in total. The van der Waals surface area contributed by atoms with Crippen molar-refractivity contribution in [3.63, 3.8) is 0 Å².